The minimum absolute atomic E-state index is 0.0938. The second-order valence-electron chi connectivity index (χ2n) is 7.05. The molecule has 1 amide bonds. The molecule has 0 spiro atoms. The summed E-state index contributed by atoms with van der Waals surface area (Å²) in [6.45, 7) is 0. The zero-order valence-electron chi connectivity index (χ0n) is 15.0. The van der Waals surface area contributed by atoms with Crippen LogP contribution in [0.5, 0.6) is 0 Å². The molecule has 0 atom stereocenters. The number of aromatic amines is 1. The van der Waals surface area contributed by atoms with Crippen molar-refractivity contribution in [1.82, 2.24) is 9.97 Å². The van der Waals surface area contributed by atoms with E-state index in [4.69, 9.17) is 0 Å². The van der Waals surface area contributed by atoms with Gasteiger partial charge in [-0.2, -0.15) is 0 Å². The van der Waals surface area contributed by atoms with Crippen LogP contribution in [0.25, 0.3) is 21.8 Å². The zero-order valence-corrected chi connectivity index (χ0v) is 15.0. The Morgan fingerprint density at radius 3 is 2.43 bits per heavy atom. The van der Waals surface area contributed by atoms with Crippen LogP contribution in [0.2, 0.25) is 0 Å². The highest BCUT2D eigenvalue weighted by Crippen LogP contribution is 2.31. The fraction of sp³-hybridized carbons (Fsp3) is 0.136. The van der Waals surface area contributed by atoms with Crippen molar-refractivity contribution in [3.05, 3.63) is 71.1 Å². The highest BCUT2D eigenvalue weighted by Gasteiger charge is 2.29. The number of rotatable bonds is 4. The first-order valence-electron chi connectivity index (χ1n) is 9.27. The maximum absolute atomic E-state index is 12.3. The van der Waals surface area contributed by atoms with Crippen LogP contribution in [0.3, 0.4) is 0 Å². The standard InChI is InChI=1S/C22H18N4O2/c27-21(13-5-6-13)25-15-9-7-14(8-10-15)24-18-11-12-23-20-19(18)16-3-1-2-4-17(16)22(28)26-20/h1-4,7-13H,5-6H2,(H,25,27)(H2,23,24,26,28). The first-order chi connectivity index (χ1) is 13.7. The van der Waals surface area contributed by atoms with Crippen LogP contribution >= 0.6 is 0 Å². The van der Waals surface area contributed by atoms with Crippen LogP contribution in [-0.2, 0) is 4.79 Å². The molecule has 28 heavy (non-hydrogen) atoms. The highest BCUT2D eigenvalue weighted by molar-refractivity contribution is 6.10. The van der Waals surface area contributed by atoms with Gasteiger partial charge in [-0.3, -0.25) is 9.59 Å². The van der Waals surface area contributed by atoms with E-state index in [1.54, 1.807) is 6.20 Å². The molecule has 0 radical (unpaired) electrons. The van der Waals surface area contributed by atoms with Gasteiger partial charge in [0.15, 0.2) is 0 Å². The Hall–Kier alpha value is -3.67. The summed E-state index contributed by atoms with van der Waals surface area (Å²) in [4.78, 5) is 31.3. The summed E-state index contributed by atoms with van der Waals surface area (Å²) in [5, 5.41) is 8.68. The molecule has 0 saturated heterocycles. The Balaban J connectivity index is 1.50. The Labute approximate surface area is 160 Å². The van der Waals surface area contributed by atoms with Crippen molar-refractivity contribution < 1.29 is 4.79 Å². The van der Waals surface area contributed by atoms with E-state index >= 15 is 0 Å². The van der Waals surface area contributed by atoms with Gasteiger partial charge in [0.05, 0.1) is 5.69 Å². The molecule has 0 aliphatic heterocycles. The van der Waals surface area contributed by atoms with E-state index in [2.05, 4.69) is 20.6 Å². The number of anilines is 3. The van der Waals surface area contributed by atoms with E-state index in [1.807, 2.05) is 54.6 Å². The molecule has 2 aromatic carbocycles. The minimum Gasteiger partial charge on any atom is -0.355 e. The summed E-state index contributed by atoms with van der Waals surface area (Å²) in [7, 11) is 0. The van der Waals surface area contributed by atoms with Crippen molar-refractivity contribution in [1.29, 1.82) is 0 Å². The number of benzene rings is 2. The Morgan fingerprint density at radius 2 is 1.68 bits per heavy atom. The number of pyridine rings is 2. The van der Waals surface area contributed by atoms with E-state index in [-0.39, 0.29) is 17.4 Å². The first kappa shape index (κ1) is 16.5. The minimum atomic E-state index is -0.150. The lowest BCUT2D eigenvalue weighted by Crippen LogP contribution is -2.13. The summed E-state index contributed by atoms with van der Waals surface area (Å²) in [5.41, 5.74) is 2.92. The van der Waals surface area contributed by atoms with Gasteiger partial charge in [0.1, 0.15) is 5.65 Å². The summed E-state index contributed by atoms with van der Waals surface area (Å²) in [5.74, 6) is 0.271. The van der Waals surface area contributed by atoms with Gasteiger partial charge in [-0.05, 0) is 49.2 Å². The number of H-pyrrole nitrogens is 1. The summed E-state index contributed by atoms with van der Waals surface area (Å²) < 4.78 is 0. The van der Waals surface area contributed by atoms with Gasteiger partial charge < -0.3 is 15.6 Å². The van der Waals surface area contributed by atoms with Gasteiger partial charge in [0.2, 0.25) is 5.91 Å². The summed E-state index contributed by atoms with van der Waals surface area (Å²) in [6, 6.07) is 17.0. The molecule has 1 aliphatic rings. The number of hydrogen-bond donors (Lipinski definition) is 3. The molecule has 0 unspecified atom stereocenters. The third-order valence-corrected chi connectivity index (χ3v) is 5.00. The zero-order chi connectivity index (χ0) is 19.1. The number of carbonyl (C=O) groups excluding carboxylic acids is 1. The third-order valence-electron chi connectivity index (χ3n) is 5.00. The first-order valence-corrected chi connectivity index (χ1v) is 9.27. The summed E-state index contributed by atoms with van der Waals surface area (Å²) >= 11 is 0. The van der Waals surface area contributed by atoms with Gasteiger partial charge in [0, 0.05) is 39.6 Å². The maximum Gasteiger partial charge on any atom is 0.257 e. The number of nitrogens with one attached hydrogen (secondary N) is 3. The van der Waals surface area contributed by atoms with Crippen LogP contribution in [0.15, 0.2) is 65.6 Å². The molecule has 1 aliphatic carbocycles. The maximum atomic E-state index is 12.3. The third kappa shape index (κ3) is 2.99. The van der Waals surface area contributed by atoms with E-state index in [0.29, 0.717) is 11.0 Å². The van der Waals surface area contributed by atoms with Crippen molar-refractivity contribution in [2.24, 2.45) is 5.92 Å². The predicted octanol–water partition coefficient (Wildman–Crippen LogP) is 4.17. The van der Waals surface area contributed by atoms with Crippen LogP contribution in [0.4, 0.5) is 17.1 Å². The van der Waals surface area contributed by atoms with Gasteiger partial charge in [-0.1, -0.05) is 18.2 Å². The fourth-order valence-electron chi connectivity index (χ4n) is 3.39. The molecule has 1 saturated carbocycles. The lowest BCUT2D eigenvalue weighted by atomic mass is 10.1. The van der Waals surface area contributed by atoms with E-state index in [9.17, 15) is 9.59 Å². The average Bonchev–Trinajstić information content (AvgIpc) is 3.55. The molecule has 6 heteroatoms. The number of aromatic nitrogens is 2. The van der Waals surface area contributed by atoms with Gasteiger partial charge in [0.25, 0.3) is 5.56 Å². The van der Waals surface area contributed by atoms with Crippen molar-refractivity contribution in [3.8, 4) is 0 Å². The number of fused-ring (bicyclic) bond motifs is 3. The second-order valence-corrected chi connectivity index (χ2v) is 7.05. The van der Waals surface area contributed by atoms with Crippen LogP contribution < -0.4 is 16.2 Å². The van der Waals surface area contributed by atoms with Crippen LogP contribution in [0, 0.1) is 5.92 Å². The van der Waals surface area contributed by atoms with E-state index in [1.165, 1.54) is 0 Å². The molecule has 0 bridgehead atoms. The Bertz CT molecular complexity index is 1260. The molecule has 6 nitrogen and oxygen atoms in total. The second kappa shape index (κ2) is 6.49. The number of hydrogen-bond acceptors (Lipinski definition) is 4. The largest absolute Gasteiger partial charge is 0.355 e. The summed E-state index contributed by atoms with van der Waals surface area (Å²) in [6.07, 6.45) is 3.63. The van der Waals surface area contributed by atoms with E-state index in [0.717, 1.165) is 40.7 Å². The average molecular weight is 370 g/mol. The van der Waals surface area contributed by atoms with Crippen LogP contribution in [-0.4, -0.2) is 15.9 Å². The Kier molecular flexibility index (Phi) is 3.83. The lowest BCUT2D eigenvalue weighted by Gasteiger charge is -2.12. The SMILES string of the molecule is O=C(Nc1ccc(Nc2ccnc3[nH]c(=O)c4ccccc4c23)cc1)C1CC1. The van der Waals surface area contributed by atoms with Crippen LogP contribution in [0.1, 0.15) is 12.8 Å². The Morgan fingerprint density at radius 1 is 0.964 bits per heavy atom. The van der Waals surface area contributed by atoms with Crippen molar-refractivity contribution in [2.45, 2.75) is 12.8 Å². The smallest absolute Gasteiger partial charge is 0.257 e. The molecular formula is C22H18N4O2. The van der Waals surface area contributed by atoms with Crippen molar-refractivity contribution in [3.63, 3.8) is 0 Å². The van der Waals surface area contributed by atoms with Gasteiger partial charge in [-0.25, -0.2) is 4.98 Å². The van der Waals surface area contributed by atoms with Gasteiger partial charge in [-0.15, -0.1) is 0 Å². The lowest BCUT2D eigenvalue weighted by molar-refractivity contribution is -0.117. The molecule has 3 N–H and O–H groups in total. The molecule has 4 aromatic rings. The molecule has 138 valence electrons. The topological polar surface area (TPSA) is 86.9 Å². The molecule has 2 heterocycles. The van der Waals surface area contributed by atoms with Crippen molar-refractivity contribution in [2.75, 3.05) is 10.6 Å². The molecule has 2 aromatic heterocycles. The number of carbonyl (C=O) groups is 1. The highest BCUT2D eigenvalue weighted by atomic mass is 16.2. The normalized spacial score (nSPS) is 13.6. The monoisotopic (exact) mass is 370 g/mol. The number of amides is 1. The number of nitrogens with zero attached hydrogens (tertiary/aromatic N) is 1. The molecular weight excluding hydrogens is 352 g/mol. The quantitative estimate of drug-likeness (QED) is 0.471. The van der Waals surface area contributed by atoms with Gasteiger partial charge >= 0.3 is 0 Å². The van der Waals surface area contributed by atoms with E-state index < -0.39 is 0 Å². The molecule has 1 fully saturated rings. The fourth-order valence-corrected chi connectivity index (χ4v) is 3.39. The van der Waals surface area contributed by atoms with Crippen molar-refractivity contribution >= 4 is 44.8 Å². The molecule has 5 rings (SSSR count). The predicted molar refractivity (Wildman–Crippen MR) is 111 cm³/mol.